The largest absolute Gasteiger partial charge is 0.242 e. The van der Waals surface area contributed by atoms with Gasteiger partial charge in [0.1, 0.15) is 0 Å². The van der Waals surface area contributed by atoms with Crippen LogP contribution in [0.2, 0.25) is 0 Å². The minimum atomic E-state index is 0.758. The van der Waals surface area contributed by atoms with Crippen molar-refractivity contribution in [1.82, 2.24) is 0 Å². The second kappa shape index (κ2) is 6.96. The zero-order valence-corrected chi connectivity index (χ0v) is 11.0. The number of hydrogen-bond donors (Lipinski definition) is 1. The van der Waals surface area contributed by atoms with Gasteiger partial charge in [-0.2, -0.15) is 0 Å². The number of aliphatic imine (C=N–C) groups is 1. The third kappa shape index (κ3) is 3.67. The summed E-state index contributed by atoms with van der Waals surface area (Å²) in [6.07, 6.45) is 14.2. The topological polar surface area (TPSA) is 36.2 Å². The van der Waals surface area contributed by atoms with E-state index < -0.39 is 0 Å². The minimum Gasteiger partial charge on any atom is -0.242 e. The van der Waals surface area contributed by atoms with Crippen molar-refractivity contribution in [2.24, 2.45) is 22.7 Å². The van der Waals surface area contributed by atoms with Crippen LogP contribution in [0.3, 0.4) is 0 Å². The van der Waals surface area contributed by atoms with E-state index in [1.54, 1.807) is 0 Å². The maximum absolute atomic E-state index is 7.01. The third-order valence-electron chi connectivity index (χ3n) is 4.89. The van der Waals surface area contributed by atoms with Crippen molar-refractivity contribution < 1.29 is 0 Å². The molecule has 2 saturated carbocycles. The van der Waals surface area contributed by atoms with Gasteiger partial charge in [-0.25, -0.2) is 10.4 Å². The van der Waals surface area contributed by atoms with Gasteiger partial charge in [0.05, 0.1) is 12.6 Å². The number of rotatable bonds is 4. The molecule has 0 heterocycles. The Kier molecular flexibility index (Phi) is 5.25. The van der Waals surface area contributed by atoms with Crippen molar-refractivity contribution in [2.75, 3.05) is 6.54 Å². The fraction of sp³-hybridized carbons (Fsp3) is 0.933. The van der Waals surface area contributed by atoms with Crippen molar-refractivity contribution in [3.8, 4) is 0 Å². The van der Waals surface area contributed by atoms with E-state index in [1.807, 2.05) is 0 Å². The van der Waals surface area contributed by atoms with E-state index in [2.05, 4.69) is 11.0 Å². The average Bonchev–Trinajstić information content (AvgIpc) is 2.42. The highest BCUT2D eigenvalue weighted by Crippen LogP contribution is 2.39. The second-order valence-electron chi connectivity index (χ2n) is 5.91. The maximum Gasteiger partial charge on any atom is 0.0862 e. The summed E-state index contributed by atoms with van der Waals surface area (Å²) in [5.74, 6) is 2.54. The first kappa shape index (κ1) is 12.8. The molecule has 2 fully saturated rings. The number of hydrogen-bond acceptors (Lipinski definition) is 2. The fourth-order valence-electron chi connectivity index (χ4n) is 3.96. The number of nitrogens with one attached hydrogen (secondary N) is 1. The highest BCUT2D eigenvalue weighted by molar-refractivity contribution is 5.35. The molecule has 0 bridgehead atoms. The lowest BCUT2D eigenvalue weighted by atomic mass is 9.70. The Bertz CT molecular complexity index is 238. The number of nitrogens with zero attached hydrogens (tertiary/aromatic N) is 1. The molecule has 0 spiro atoms. The molecule has 0 atom stereocenters. The Morgan fingerprint density at radius 1 is 0.882 bits per heavy atom. The normalized spacial score (nSPS) is 23.6. The van der Waals surface area contributed by atoms with Gasteiger partial charge in [0.25, 0.3) is 0 Å². The summed E-state index contributed by atoms with van der Waals surface area (Å²) in [5, 5.41) is 7.01. The van der Waals surface area contributed by atoms with E-state index in [-0.39, 0.29) is 0 Å². The first-order valence-electron chi connectivity index (χ1n) is 7.50. The van der Waals surface area contributed by atoms with Crippen molar-refractivity contribution >= 4 is 6.01 Å². The molecule has 2 aliphatic rings. The van der Waals surface area contributed by atoms with Gasteiger partial charge in [0, 0.05) is 0 Å². The summed E-state index contributed by atoms with van der Waals surface area (Å²) in [7, 11) is 0. The van der Waals surface area contributed by atoms with Crippen LogP contribution in [0.5, 0.6) is 0 Å². The van der Waals surface area contributed by atoms with Crippen LogP contribution in [0.15, 0.2) is 4.99 Å². The van der Waals surface area contributed by atoms with Crippen molar-refractivity contribution in [2.45, 2.75) is 64.2 Å². The van der Waals surface area contributed by atoms with E-state index in [0.717, 1.165) is 24.3 Å². The first-order valence-corrected chi connectivity index (χ1v) is 7.50. The first-order chi connectivity index (χ1) is 8.42. The van der Waals surface area contributed by atoms with Gasteiger partial charge >= 0.3 is 0 Å². The van der Waals surface area contributed by atoms with Crippen LogP contribution in [0.4, 0.5) is 0 Å². The minimum absolute atomic E-state index is 0.758. The molecule has 2 heteroatoms. The van der Waals surface area contributed by atoms with Crippen LogP contribution >= 0.6 is 0 Å². The molecular formula is C15H26N2. The van der Waals surface area contributed by atoms with E-state index in [9.17, 15) is 0 Å². The Morgan fingerprint density at radius 3 is 1.76 bits per heavy atom. The Hall–Kier alpha value is -0.620. The summed E-state index contributed by atoms with van der Waals surface area (Å²) in [4.78, 5) is 4.14. The average molecular weight is 234 g/mol. The summed E-state index contributed by atoms with van der Waals surface area (Å²) in [6, 6.07) is 2.25. The smallest absolute Gasteiger partial charge is 0.0862 e. The Labute approximate surface area is 105 Å². The molecule has 96 valence electrons. The standard InChI is InChI=1S/C15H26N2/c16-12-17-11-15(13-7-3-1-4-8-13)14-9-5-2-6-10-14/h13-16H,1-11H2. The third-order valence-corrected chi connectivity index (χ3v) is 4.89. The lowest BCUT2D eigenvalue weighted by Crippen LogP contribution is -2.29. The quantitative estimate of drug-likeness (QED) is 0.695. The monoisotopic (exact) mass is 234 g/mol. The zero-order chi connectivity index (χ0) is 11.9. The van der Waals surface area contributed by atoms with Gasteiger partial charge in [-0.1, -0.05) is 64.2 Å². The molecule has 0 aromatic carbocycles. The van der Waals surface area contributed by atoms with Gasteiger partial charge in [-0.05, 0) is 17.8 Å². The lowest BCUT2D eigenvalue weighted by molar-refractivity contribution is 0.150. The summed E-state index contributed by atoms with van der Waals surface area (Å²) < 4.78 is 0. The maximum atomic E-state index is 7.01. The van der Waals surface area contributed by atoms with Crippen LogP contribution in [0.25, 0.3) is 0 Å². The predicted octanol–water partition coefficient (Wildman–Crippen LogP) is 4.52. The van der Waals surface area contributed by atoms with Crippen LogP contribution in [-0.4, -0.2) is 12.6 Å². The van der Waals surface area contributed by atoms with E-state index in [4.69, 9.17) is 5.41 Å². The van der Waals surface area contributed by atoms with E-state index in [0.29, 0.717) is 0 Å². The summed E-state index contributed by atoms with van der Waals surface area (Å²) in [6.45, 7) is 0.874. The van der Waals surface area contributed by atoms with Gasteiger partial charge in [-0.15, -0.1) is 0 Å². The molecule has 2 rings (SSSR count). The Morgan fingerprint density at radius 2 is 1.35 bits per heavy atom. The molecule has 0 aromatic heterocycles. The fourth-order valence-corrected chi connectivity index (χ4v) is 3.96. The predicted molar refractivity (Wildman–Crippen MR) is 71.7 cm³/mol. The van der Waals surface area contributed by atoms with E-state index in [1.165, 1.54) is 64.2 Å². The van der Waals surface area contributed by atoms with Crippen LogP contribution in [0.1, 0.15) is 64.2 Å². The SMILES string of the molecule is N=C=NCC(C1CCCCC1)C1CCCCC1. The summed E-state index contributed by atoms with van der Waals surface area (Å²) >= 11 is 0. The molecule has 0 saturated heterocycles. The molecule has 2 aliphatic carbocycles. The zero-order valence-electron chi connectivity index (χ0n) is 11.0. The molecule has 0 radical (unpaired) electrons. The molecule has 0 unspecified atom stereocenters. The molecule has 1 N–H and O–H groups in total. The van der Waals surface area contributed by atoms with Gasteiger partial charge in [0.15, 0.2) is 0 Å². The van der Waals surface area contributed by atoms with Crippen LogP contribution in [0, 0.1) is 23.2 Å². The molecule has 2 nitrogen and oxygen atoms in total. The van der Waals surface area contributed by atoms with Crippen molar-refractivity contribution in [3.05, 3.63) is 0 Å². The van der Waals surface area contributed by atoms with Gasteiger partial charge in [0.2, 0.25) is 0 Å². The van der Waals surface area contributed by atoms with Crippen LogP contribution < -0.4 is 0 Å². The molecule has 0 aromatic rings. The highest BCUT2D eigenvalue weighted by atomic mass is 14.7. The molecule has 0 amide bonds. The second-order valence-corrected chi connectivity index (χ2v) is 5.91. The lowest BCUT2D eigenvalue weighted by Gasteiger charge is -2.36. The summed E-state index contributed by atoms with van der Waals surface area (Å²) in [5.41, 5.74) is 0. The van der Waals surface area contributed by atoms with E-state index >= 15 is 0 Å². The van der Waals surface area contributed by atoms with Gasteiger partial charge < -0.3 is 0 Å². The highest BCUT2D eigenvalue weighted by Gasteiger charge is 2.30. The van der Waals surface area contributed by atoms with Gasteiger partial charge in [-0.3, -0.25) is 0 Å². The van der Waals surface area contributed by atoms with Crippen molar-refractivity contribution in [3.63, 3.8) is 0 Å². The molecular weight excluding hydrogens is 208 g/mol. The van der Waals surface area contributed by atoms with Crippen LogP contribution in [-0.2, 0) is 0 Å². The Balaban J connectivity index is 1.97. The molecule has 17 heavy (non-hydrogen) atoms. The van der Waals surface area contributed by atoms with Crippen molar-refractivity contribution in [1.29, 1.82) is 5.41 Å². The molecule has 0 aliphatic heterocycles.